The molecule has 0 saturated heterocycles. The van der Waals surface area contributed by atoms with Crippen molar-refractivity contribution >= 4 is 17.1 Å². The fraction of sp³-hybridized carbons (Fsp3) is 0.0690. The van der Waals surface area contributed by atoms with Gasteiger partial charge in [0.2, 0.25) is 0 Å². The van der Waals surface area contributed by atoms with Crippen LogP contribution in [0.3, 0.4) is 0 Å². The highest BCUT2D eigenvalue weighted by atomic mass is 15.1. The van der Waals surface area contributed by atoms with Crippen LogP contribution in [0.25, 0.3) is 55.6 Å². The SMILES string of the molecule is CC1(C)c2ccccc2-c2cc(N(c3ccc4c(c3)-c3ccccc3C43c4ccccc4-c4ccccc43)c3ccccc3-c3ccccc3)cc(-c3ccccc3)c21. The smallest absolute Gasteiger partial charge is 0.0725 e. The van der Waals surface area contributed by atoms with Crippen molar-refractivity contribution in [3.8, 4) is 55.6 Å². The van der Waals surface area contributed by atoms with Crippen molar-refractivity contribution < 1.29 is 0 Å². The summed E-state index contributed by atoms with van der Waals surface area (Å²) in [6.45, 7) is 4.78. The van der Waals surface area contributed by atoms with Crippen molar-refractivity contribution in [2.24, 2.45) is 0 Å². The Balaban J connectivity index is 1.16. The highest BCUT2D eigenvalue weighted by molar-refractivity contribution is 5.99. The summed E-state index contributed by atoms with van der Waals surface area (Å²) in [4.78, 5) is 2.52. The third kappa shape index (κ3) is 4.67. The average molecular weight is 752 g/mol. The maximum atomic E-state index is 2.52. The summed E-state index contributed by atoms with van der Waals surface area (Å²) in [6.07, 6.45) is 0. The van der Waals surface area contributed by atoms with Crippen LogP contribution in [0.2, 0.25) is 0 Å². The lowest BCUT2D eigenvalue weighted by Gasteiger charge is -2.32. The topological polar surface area (TPSA) is 3.24 Å². The summed E-state index contributed by atoms with van der Waals surface area (Å²) in [5, 5.41) is 0. The van der Waals surface area contributed by atoms with E-state index in [2.05, 4.69) is 231 Å². The zero-order valence-corrected chi connectivity index (χ0v) is 33.2. The molecule has 1 heteroatoms. The van der Waals surface area contributed by atoms with Crippen molar-refractivity contribution in [3.63, 3.8) is 0 Å². The number of fused-ring (bicyclic) bond motifs is 13. The van der Waals surface area contributed by atoms with Gasteiger partial charge < -0.3 is 4.90 Å². The van der Waals surface area contributed by atoms with Crippen LogP contribution in [-0.2, 0) is 10.8 Å². The predicted octanol–water partition coefficient (Wildman–Crippen LogP) is 15.1. The van der Waals surface area contributed by atoms with Crippen LogP contribution in [-0.4, -0.2) is 0 Å². The number of anilines is 3. The van der Waals surface area contributed by atoms with Gasteiger partial charge in [0.15, 0.2) is 0 Å². The van der Waals surface area contributed by atoms with Crippen molar-refractivity contribution in [2.75, 3.05) is 4.90 Å². The summed E-state index contributed by atoms with van der Waals surface area (Å²) >= 11 is 0. The van der Waals surface area contributed by atoms with E-state index in [0.29, 0.717) is 0 Å². The molecule has 0 saturated carbocycles. The molecule has 0 radical (unpaired) electrons. The molecule has 3 aliphatic carbocycles. The highest BCUT2D eigenvalue weighted by Gasteiger charge is 2.51. The Bertz CT molecular complexity index is 3090. The monoisotopic (exact) mass is 751 g/mol. The zero-order chi connectivity index (χ0) is 39.3. The van der Waals surface area contributed by atoms with E-state index in [1.807, 2.05) is 0 Å². The molecule has 0 aromatic heterocycles. The van der Waals surface area contributed by atoms with Gasteiger partial charge in [-0.3, -0.25) is 0 Å². The molecule has 59 heavy (non-hydrogen) atoms. The molecule has 3 aliphatic rings. The molecule has 0 aliphatic heterocycles. The van der Waals surface area contributed by atoms with Crippen LogP contribution >= 0.6 is 0 Å². The van der Waals surface area contributed by atoms with E-state index >= 15 is 0 Å². The summed E-state index contributed by atoms with van der Waals surface area (Å²) in [5.41, 5.74) is 23.7. The molecule has 0 amide bonds. The zero-order valence-electron chi connectivity index (χ0n) is 33.2. The Morgan fingerprint density at radius 1 is 0.305 bits per heavy atom. The predicted molar refractivity (Wildman–Crippen MR) is 246 cm³/mol. The molecule has 0 fully saturated rings. The number of benzene rings is 9. The van der Waals surface area contributed by atoms with Gasteiger partial charge in [-0.2, -0.15) is 0 Å². The molecular formula is C58H41N. The Morgan fingerprint density at radius 3 is 1.31 bits per heavy atom. The van der Waals surface area contributed by atoms with Gasteiger partial charge in [-0.05, 0) is 114 Å². The molecule has 9 aromatic carbocycles. The quantitative estimate of drug-likeness (QED) is 0.169. The average Bonchev–Trinajstić information content (AvgIpc) is 3.85. The first-order valence-electron chi connectivity index (χ1n) is 20.8. The molecule has 0 atom stereocenters. The normalized spacial score (nSPS) is 14.2. The number of para-hydroxylation sites is 1. The van der Waals surface area contributed by atoms with Gasteiger partial charge in [0, 0.05) is 22.4 Å². The molecule has 0 N–H and O–H groups in total. The summed E-state index contributed by atoms with van der Waals surface area (Å²) < 4.78 is 0. The van der Waals surface area contributed by atoms with Crippen LogP contribution < -0.4 is 4.90 Å². The van der Waals surface area contributed by atoms with Gasteiger partial charge >= 0.3 is 0 Å². The van der Waals surface area contributed by atoms with Crippen LogP contribution in [0.5, 0.6) is 0 Å². The Labute approximate surface area is 346 Å². The lowest BCUT2D eigenvalue weighted by Crippen LogP contribution is -2.25. The first-order chi connectivity index (χ1) is 29.0. The van der Waals surface area contributed by atoms with Gasteiger partial charge in [-0.25, -0.2) is 0 Å². The van der Waals surface area contributed by atoms with Gasteiger partial charge in [-0.1, -0.05) is 196 Å². The third-order valence-electron chi connectivity index (χ3n) is 13.5. The second-order valence-electron chi connectivity index (χ2n) is 16.8. The fourth-order valence-corrected chi connectivity index (χ4v) is 11.1. The standard InChI is InChI=1S/C58H41N/c1-57(2)50-28-14-9-27-46(50)49-37-41(36-47(56(49)57)39-21-7-4-8-22-39)59(55-32-18-13-23-42(55)38-19-5-3-6-20-38)40-33-34-54-48(35-40)45-26-12-17-31-53(45)58(54)51-29-15-10-24-43(51)44-25-11-16-30-52(44)58/h3-37H,1-2H3. The number of hydrogen-bond donors (Lipinski definition) is 0. The highest BCUT2D eigenvalue weighted by Crippen LogP contribution is 2.63. The van der Waals surface area contributed by atoms with Crippen molar-refractivity contribution in [3.05, 3.63) is 246 Å². The minimum Gasteiger partial charge on any atom is -0.310 e. The van der Waals surface area contributed by atoms with Crippen LogP contribution in [0.15, 0.2) is 212 Å². The second-order valence-corrected chi connectivity index (χ2v) is 16.8. The van der Waals surface area contributed by atoms with Crippen molar-refractivity contribution in [1.82, 2.24) is 0 Å². The van der Waals surface area contributed by atoms with E-state index in [-0.39, 0.29) is 5.41 Å². The summed E-state index contributed by atoms with van der Waals surface area (Å²) in [7, 11) is 0. The van der Waals surface area contributed by atoms with E-state index in [1.54, 1.807) is 0 Å². The maximum absolute atomic E-state index is 2.52. The van der Waals surface area contributed by atoms with E-state index in [1.165, 1.54) is 89.0 Å². The molecule has 9 aromatic rings. The van der Waals surface area contributed by atoms with Crippen LogP contribution in [0.1, 0.15) is 47.2 Å². The van der Waals surface area contributed by atoms with E-state index < -0.39 is 5.41 Å². The minimum absolute atomic E-state index is 0.165. The molecule has 1 nitrogen and oxygen atoms in total. The van der Waals surface area contributed by atoms with Gasteiger partial charge in [0.05, 0.1) is 11.1 Å². The van der Waals surface area contributed by atoms with E-state index in [4.69, 9.17) is 0 Å². The molecule has 1 spiro atoms. The molecule has 278 valence electrons. The van der Waals surface area contributed by atoms with Gasteiger partial charge in [0.25, 0.3) is 0 Å². The lowest BCUT2D eigenvalue weighted by atomic mass is 9.70. The largest absolute Gasteiger partial charge is 0.310 e. The molecule has 12 rings (SSSR count). The number of hydrogen-bond acceptors (Lipinski definition) is 1. The fourth-order valence-electron chi connectivity index (χ4n) is 11.1. The molecule has 0 heterocycles. The Morgan fingerprint density at radius 2 is 0.712 bits per heavy atom. The second kappa shape index (κ2) is 12.6. The Hall–Kier alpha value is -7.22. The molecule has 0 unspecified atom stereocenters. The first-order valence-corrected chi connectivity index (χ1v) is 20.8. The third-order valence-corrected chi connectivity index (χ3v) is 13.5. The van der Waals surface area contributed by atoms with Gasteiger partial charge in [-0.15, -0.1) is 0 Å². The summed E-state index contributed by atoms with van der Waals surface area (Å²) in [6, 6.07) is 79.2. The number of rotatable bonds is 5. The van der Waals surface area contributed by atoms with Gasteiger partial charge in [0.1, 0.15) is 0 Å². The van der Waals surface area contributed by atoms with E-state index in [9.17, 15) is 0 Å². The van der Waals surface area contributed by atoms with E-state index in [0.717, 1.165) is 17.1 Å². The molecule has 0 bridgehead atoms. The van der Waals surface area contributed by atoms with Crippen LogP contribution in [0.4, 0.5) is 17.1 Å². The lowest BCUT2D eigenvalue weighted by molar-refractivity contribution is 0.662. The summed E-state index contributed by atoms with van der Waals surface area (Å²) in [5.74, 6) is 0. The number of nitrogens with zero attached hydrogens (tertiary/aromatic N) is 1. The first kappa shape index (κ1) is 33.9. The van der Waals surface area contributed by atoms with Crippen molar-refractivity contribution in [1.29, 1.82) is 0 Å². The minimum atomic E-state index is -0.395. The van der Waals surface area contributed by atoms with Crippen molar-refractivity contribution in [2.45, 2.75) is 24.7 Å². The Kier molecular flexibility index (Phi) is 7.26. The van der Waals surface area contributed by atoms with Crippen LogP contribution in [0, 0.1) is 0 Å². The molecular weight excluding hydrogens is 711 g/mol. The maximum Gasteiger partial charge on any atom is 0.0725 e.